The Balaban J connectivity index is 1.51. The van der Waals surface area contributed by atoms with Crippen LogP contribution in [0.5, 0.6) is 0 Å². The second kappa shape index (κ2) is 9.94. The summed E-state index contributed by atoms with van der Waals surface area (Å²) in [6.07, 6.45) is 2.45. The first-order chi connectivity index (χ1) is 19.4. The van der Waals surface area contributed by atoms with Crippen molar-refractivity contribution < 1.29 is 23.5 Å². The predicted octanol–water partition coefficient (Wildman–Crippen LogP) is 3.81. The molecule has 11 nitrogen and oxygen atoms in total. The van der Waals surface area contributed by atoms with E-state index in [4.69, 9.17) is 31.0 Å². The van der Waals surface area contributed by atoms with Crippen molar-refractivity contribution in [1.29, 1.82) is 0 Å². The van der Waals surface area contributed by atoms with E-state index >= 15 is 4.39 Å². The Hall–Kier alpha value is -3.25. The third kappa shape index (κ3) is 4.64. The molecular weight excluding hydrogens is 553 g/mol. The number of fused-ring (bicyclic) bond motifs is 4. The van der Waals surface area contributed by atoms with Gasteiger partial charge in [0.2, 0.25) is 0 Å². The summed E-state index contributed by atoms with van der Waals surface area (Å²) < 4.78 is 28.2. The van der Waals surface area contributed by atoms with Gasteiger partial charge in [-0.05, 0) is 41.3 Å². The highest BCUT2D eigenvalue weighted by molar-refractivity contribution is 6.30. The average Bonchev–Trinajstić information content (AvgIpc) is 3.56. The molecule has 1 saturated carbocycles. The fourth-order valence-corrected chi connectivity index (χ4v) is 6.42. The quantitative estimate of drug-likeness (QED) is 0.314. The van der Waals surface area contributed by atoms with E-state index in [0.29, 0.717) is 60.2 Å². The van der Waals surface area contributed by atoms with Crippen LogP contribution in [0.15, 0.2) is 6.20 Å². The van der Waals surface area contributed by atoms with Crippen LogP contribution in [0.2, 0.25) is 5.15 Å². The molecule has 3 aromatic heterocycles. The van der Waals surface area contributed by atoms with Crippen LogP contribution in [0.4, 0.5) is 15.0 Å². The lowest BCUT2D eigenvalue weighted by Crippen LogP contribution is -2.57. The van der Waals surface area contributed by atoms with E-state index in [2.05, 4.69) is 19.4 Å². The lowest BCUT2D eigenvalue weighted by Gasteiger charge is -2.43. The maximum absolute atomic E-state index is 15.5. The highest BCUT2D eigenvalue weighted by Crippen LogP contribution is 2.52. The summed E-state index contributed by atoms with van der Waals surface area (Å²) in [4.78, 5) is 45.2. The van der Waals surface area contributed by atoms with Gasteiger partial charge in [-0.2, -0.15) is 0 Å². The molecule has 1 aliphatic carbocycles. The Morgan fingerprint density at radius 3 is 2.56 bits per heavy atom. The summed E-state index contributed by atoms with van der Waals surface area (Å²) in [5.74, 6) is 0.343. The molecule has 6 heterocycles. The van der Waals surface area contributed by atoms with Crippen molar-refractivity contribution in [2.45, 2.75) is 63.8 Å². The van der Waals surface area contributed by atoms with Gasteiger partial charge in [0.05, 0.1) is 31.1 Å². The fraction of sp³-hybridized carbons (Fsp3) is 0.607. The number of halogens is 2. The minimum atomic E-state index is -0.687. The van der Waals surface area contributed by atoms with Gasteiger partial charge in [0, 0.05) is 49.6 Å². The highest BCUT2D eigenvalue weighted by Gasteiger charge is 2.56. The zero-order valence-corrected chi connectivity index (χ0v) is 24.9. The number of aryl methyl sites for hydroxylation is 1. The number of carbonyl (C=O) groups excluding carboxylic acids is 2. The molecular formula is C28H35ClFN7O4. The van der Waals surface area contributed by atoms with E-state index in [0.717, 1.165) is 6.42 Å². The van der Waals surface area contributed by atoms with Gasteiger partial charge in [0.15, 0.2) is 16.8 Å². The summed E-state index contributed by atoms with van der Waals surface area (Å²) in [7, 11) is 5.41. The van der Waals surface area contributed by atoms with Crippen LogP contribution in [-0.2, 0) is 20.7 Å². The van der Waals surface area contributed by atoms with Gasteiger partial charge in [-0.3, -0.25) is 4.79 Å². The van der Waals surface area contributed by atoms with Crippen LogP contribution < -0.4 is 4.90 Å². The Morgan fingerprint density at radius 2 is 1.90 bits per heavy atom. The fourth-order valence-electron chi connectivity index (χ4n) is 6.28. The molecule has 1 amide bonds. The number of anilines is 1. The second-order valence-corrected chi connectivity index (χ2v) is 12.8. The summed E-state index contributed by atoms with van der Waals surface area (Å²) in [6.45, 7) is 7.52. The van der Waals surface area contributed by atoms with Gasteiger partial charge in [-0.25, -0.2) is 24.1 Å². The van der Waals surface area contributed by atoms with Gasteiger partial charge in [0.25, 0.3) is 0 Å². The number of hydrogen-bond acceptors (Lipinski definition) is 9. The van der Waals surface area contributed by atoms with Crippen molar-refractivity contribution in [3.63, 3.8) is 0 Å². The number of carbonyl (C=O) groups is 2. The summed E-state index contributed by atoms with van der Waals surface area (Å²) in [6, 6.07) is 0.0884. The van der Waals surface area contributed by atoms with Gasteiger partial charge >= 0.3 is 12.1 Å². The molecule has 4 aliphatic rings. The SMILES string of the molecule is COC(=O)CCc1nc2c(N3CC(N(C)C)C3)nc3c(F)c(Cl)ncc3c2n1C1C2CC1N(C(=O)OC(C)(C)C)C2. The third-order valence-corrected chi connectivity index (χ3v) is 8.74. The molecule has 220 valence electrons. The lowest BCUT2D eigenvalue weighted by molar-refractivity contribution is -0.140. The van der Waals surface area contributed by atoms with Gasteiger partial charge in [-0.1, -0.05) is 11.6 Å². The number of imidazole rings is 1. The molecule has 3 atom stereocenters. The van der Waals surface area contributed by atoms with Crippen LogP contribution in [-0.4, -0.2) is 99.9 Å². The van der Waals surface area contributed by atoms with Crippen LogP contribution in [0, 0.1) is 11.7 Å². The average molecular weight is 588 g/mol. The van der Waals surface area contributed by atoms with Crippen LogP contribution in [0.3, 0.4) is 0 Å². The maximum atomic E-state index is 15.5. The first-order valence-electron chi connectivity index (χ1n) is 13.9. The largest absolute Gasteiger partial charge is 0.469 e. The summed E-state index contributed by atoms with van der Waals surface area (Å²) >= 11 is 6.11. The van der Waals surface area contributed by atoms with Crippen molar-refractivity contribution in [3.05, 3.63) is 23.0 Å². The standard InChI is InChI=1S/C28H35ClFN7O4/c1-28(2,3)41-27(39)36-11-14-9-17(36)23(14)37-18(7-8-19(38)40-6)32-22-24(37)16-10-31-25(29)20(30)21(16)33-26(22)35-12-15(13-35)34(4)5/h10,14-15,17,23H,7-9,11-13H2,1-6H3. The van der Waals surface area contributed by atoms with E-state index in [1.54, 1.807) is 4.90 Å². The molecule has 2 bridgehead atoms. The normalized spacial score (nSPS) is 22.4. The van der Waals surface area contributed by atoms with E-state index in [1.165, 1.54) is 13.3 Å². The Bertz CT molecular complexity index is 1550. The molecule has 0 N–H and O–H groups in total. The van der Waals surface area contributed by atoms with E-state index in [-0.39, 0.29) is 47.2 Å². The number of amides is 1. The molecule has 7 rings (SSSR count). The van der Waals surface area contributed by atoms with Crippen molar-refractivity contribution >= 4 is 51.4 Å². The molecule has 3 aliphatic heterocycles. The van der Waals surface area contributed by atoms with Crippen molar-refractivity contribution in [2.24, 2.45) is 5.92 Å². The number of aromatic nitrogens is 4. The lowest BCUT2D eigenvalue weighted by atomic mass is 9.79. The minimum absolute atomic E-state index is 0.122. The number of methoxy groups -OCH3 is 1. The number of hydrogen-bond donors (Lipinski definition) is 0. The van der Waals surface area contributed by atoms with Crippen molar-refractivity contribution in [2.75, 3.05) is 45.7 Å². The van der Waals surface area contributed by atoms with E-state index in [9.17, 15) is 9.59 Å². The van der Waals surface area contributed by atoms with E-state index < -0.39 is 11.4 Å². The Kier molecular flexibility index (Phi) is 6.76. The minimum Gasteiger partial charge on any atom is -0.469 e. The number of nitrogens with zero attached hydrogens (tertiary/aromatic N) is 7. The molecule has 4 fully saturated rings. The third-order valence-electron chi connectivity index (χ3n) is 8.47. The summed E-state index contributed by atoms with van der Waals surface area (Å²) in [5.41, 5.74) is 0.811. The van der Waals surface area contributed by atoms with Crippen LogP contribution >= 0.6 is 11.6 Å². The highest BCUT2D eigenvalue weighted by atomic mass is 35.5. The predicted molar refractivity (Wildman–Crippen MR) is 152 cm³/mol. The van der Waals surface area contributed by atoms with Crippen molar-refractivity contribution in [3.8, 4) is 0 Å². The monoisotopic (exact) mass is 587 g/mol. The number of pyridine rings is 2. The molecule has 3 saturated heterocycles. The molecule has 0 aromatic carbocycles. The molecule has 13 heteroatoms. The Labute approximate surface area is 242 Å². The number of ether oxygens (including phenoxy) is 2. The van der Waals surface area contributed by atoms with Gasteiger partial charge < -0.3 is 28.7 Å². The molecule has 0 spiro atoms. The van der Waals surface area contributed by atoms with Crippen LogP contribution in [0.25, 0.3) is 21.9 Å². The van der Waals surface area contributed by atoms with E-state index in [1.807, 2.05) is 34.9 Å². The topological polar surface area (TPSA) is 106 Å². The van der Waals surface area contributed by atoms with Crippen molar-refractivity contribution in [1.82, 2.24) is 29.3 Å². The first-order valence-corrected chi connectivity index (χ1v) is 14.3. The molecule has 3 unspecified atom stereocenters. The second-order valence-electron chi connectivity index (χ2n) is 12.4. The Morgan fingerprint density at radius 1 is 1.17 bits per heavy atom. The first kappa shape index (κ1) is 27.9. The van der Waals surface area contributed by atoms with Crippen LogP contribution in [0.1, 0.15) is 45.5 Å². The number of likely N-dealkylation sites (N-methyl/N-ethyl adjacent to an activating group) is 1. The zero-order chi connectivity index (χ0) is 29.4. The molecule has 41 heavy (non-hydrogen) atoms. The number of rotatable bonds is 6. The molecule has 3 aromatic rings. The smallest absolute Gasteiger partial charge is 0.410 e. The van der Waals surface area contributed by atoms with Gasteiger partial charge in [0.1, 0.15) is 22.5 Å². The van der Waals surface area contributed by atoms with Gasteiger partial charge in [-0.15, -0.1) is 0 Å². The maximum Gasteiger partial charge on any atom is 0.410 e. The zero-order valence-electron chi connectivity index (χ0n) is 24.1. The summed E-state index contributed by atoms with van der Waals surface area (Å²) in [5, 5.41) is 0.240. The number of esters is 1. The molecule has 0 radical (unpaired) electrons.